The molecule has 0 aliphatic rings. The van der Waals surface area contributed by atoms with Crippen molar-refractivity contribution in [1.82, 2.24) is 10.3 Å². The van der Waals surface area contributed by atoms with Crippen molar-refractivity contribution < 1.29 is 9.59 Å². The van der Waals surface area contributed by atoms with E-state index in [1.54, 1.807) is 18.2 Å². The molecule has 5 N–H and O–H groups in total. The predicted octanol–water partition coefficient (Wildman–Crippen LogP) is 0.0321. The number of rotatable bonds is 3. The fourth-order valence-electron chi connectivity index (χ4n) is 1.66. The number of primary amides is 1. The molecule has 1 aromatic carbocycles. The summed E-state index contributed by atoms with van der Waals surface area (Å²) in [4.78, 5) is 26.5. The molecule has 0 saturated carbocycles. The molecule has 0 aliphatic carbocycles. The second kappa shape index (κ2) is 4.70. The van der Waals surface area contributed by atoms with Gasteiger partial charge in [-0.2, -0.15) is 0 Å². The Morgan fingerprint density at radius 2 is 1.89 bits per heavy atom. The number of carbonyl (C=O) groups excluding carboxylic acids is 2. The van der Waals surface area contributed by atoms with E-state index in [1.165, 1.54) is 6.20 Å². The van der Waals surface area contributed by atoms with Gasteiger partial charge in [-0.3, -0.25) is 9.59 Å². The highest BCUT2D eigenvalue weighted by Gasteiger charge is 2.12. The fraction of sp³-hybridized carbons (Fsp3) is 0.0833. The Hall–Kier alpha value is -2.63. The third kappa shape index (κ3) is 2.22. The highest BCUT2D eigenvalue weighted by molar-refractivity contribution is 6.09. The van der Waals surface area contributed by atoms with Gasteiger partial charge < -0.3 is 16.8 Å². The first-order chi connectivity index (χ1) is 8.59. The van der Waals surface area contributed by atoms with Crippen LogP contribution >= 0.6 is 0 Å². The number of carbonyl (C=O) groups is 2. The standard InChI is InChI=1S/C12H12N4O2/c13-10(17)6-16-12(18)9-5-15-11(14)8-4-2-1-3-7(8)9/h1-5H,6H2,(H2,13,17)(H2,14,15)(H,16,18). The summed E-state index contributed by atoms with van der Waals surface area (Å²) in [5.74, 6) is -0.648. The van der Waals surface area contributed by atoms with Crippen LogP contribution in [0, 0.1) is 0 Å². The third-order valence-corrected chi connectivity index (χ3v) is 2.49. The zero-order valence-corrected chi connectivity index (χ0v) is 9.51. The van der Waals surface area contributed by atoms with E-state index in [4.69, 9.17) is 11.5 Å². The van der Waals surface area contributed by atoms with Crippen molar-refractivity contribution >= 4 is 28.4 Å². The first kappa shape index (κ1) is 11.8. The number of nitrogens with zero attached hydrogens (tertiary/aromatic N) is 1. The molecule has 2 aromatic rings. The molecular formula is C12H12N4O2. The topological polar surface area (TPSA) is 111 Å². The molecular weight excluding hydrogens is 232 g/mol. The van der Waals surface area contributed by atoms with Gasteiger partial charge in [0.25, 0.3) is 5.91 Å². The maximum atomic E-state index is 11.9. The molecule has 0 spiro atoms. The number of nitrogen functional groups attached to an aromatic ring is 1. The summed E-state index contributed by atoms with van der Waals surface area (Å²) in [7, 11) is 0. The quantitative estimate of drug-likeness (QED) is 0.707. The molecule has 0 unspecified atom stereocenters. The van der Waals surface area contributed by atoms with Gasteiger partial charge in [0, 0.05) is 11.6 Å². The molecule has 0 radical (unpaired) electrons. The number of pyridine rings is 1. The van der Waals surface area contributed by atoms with Gasteiger partial charge in [0.15, 0.2) is 0 Å². The molecule has 6 nitrogen and oxygen atoms in total. The van der Waals surface area contributed by atoms with Gasteiger partial charge in [0.1, 0.15) is 5.82 Å². The van der Waals surface area contributed by atoms with E-state index >= 15 is 0 Å². The molecule has 0 aliphatic heterocycles. The van der Waals surface area contributed by atoms with Crippen LogP contribution in [0.1, 0.15) is 10.4 Å². The van der Waals surface area contributed by atoms with Gasteiger partial charge in [-0.15, -0.1) is 0 Å². The smallest absolute Gasteiger partial charge is 0.253 e. The lowest BCUT2D eigenvalue weighted by Gasteiger charge is -2.07. The summed E-state index contributed by atoms with van der Waals surface area (Å²) >= 11 is 0. The maximum absolute atomic E-state index is 11.9. The first-order valence-corrected chi connectivity index (χ1v) is 5.29. The van der Waals surface area contributed by atoms with Crippen LogP contribution in [0.2, 0.25) is 0 Å². The number of anilines is 1. The van der Waals surface area contributed by atoms with Crippen molar-refractivity contribution in [3.05, 3.63) is 36.0 Å². The summed E-state index contributed by atoms with van der Waals surface area (Å²) < 4.78 is 0. The second-order valence-electron chi connectivity index (χ2n) is 3.75. The molecule has 18 heavy (non-hydrogen) atoms. The van der Waals surface area contributed by atoms with Crippen molar-refractivity contribution in [2.24, 2.45) is 5.73 Å². The highest BCUT2D eigenvalue weighted by Crippen LogP contribution is 2.22. The molecule has 0 saturated heterocycles. The Morgan fingerprint density at radius 1 is 1.22 bits per heavy atom. The number of benzene rings is 1. The molecule has 92 valence electrons. The van der Waals surface area contributed by atoms with Crippen molar-refractivity contribution in [3.63, 3.8) is 0 Å². The van der Waals surface area contributed by atoms with E-state index in [9.17, 15) is 9.59 Å². The third-order valence-electron chi connectivity index (χ3n) is 2.49. The number of aromatic nitrogens is 1. The molecule has 6 heteroatoms. The fourth-order valence-corrected chi connectivity index (χ4v) is 1.66. The van der Waals surface area contributed by atoms with E-state index in [1.807, 2.05) is 6.07 Å². The van der Waals surface area contributed by atoms with E-state index in [0.717, 1.165) is 0 Å². The summed E-state index contributed by atoms with van der Waals surface area (Å²) in [6.07, 6.45) is 1.38. The first-order valence-electron chi connectivity index (χ1n) is 5.29. The summed E-state index contributed by atoms with van der Waals surface area (Å²) in [5.41, 5.74) is 11.1. The number of nitrogens with two attached hydrogens (primary N) is 2. The van der Waals surface area contributed by atoms with E-state index < -0.39 is 11.8 Å². The van der Waals surface area contributed by atoms with Crippen molar-refractivity contribution in [2.45, 2.75) is 0 Å². The molecule has 0 atom stereocenters. The van der Waals surface area contributed by atoms with Crippen LogP contribution in [0.5, 0.6) is 0 Å². The van der Waals surface area contributed by atoms with Crippen LogP contribution in [-0.2, 0) is 4.79 Å². The van der Waals surface area contributed by atoms with E-state index in [2.05, 4.69) is 10.3 Å². The summed E-state index contributed by atoms with van der Waals surface area (Å²) in [6.45, 7) is -0.211. The molecule has 0 bridgehead atoms. The van der Waals surface area contributed by atoms with E-state index in [-0.39, 0.29) is 6.54 Å². The number of hydrogen-bond acceptors (Lipinski definition) is 4. The average molecular weight is 244 g/mol. The largest absolute Gasteiger partial charge is 0.383 e. The number of hydrogen-bond donors (Lipinski definition) is 3. The van der Waals surface area contributed by atoms with Crippen LogP contribution in [0.15, 0.2) is 30.5 Å². The van der Waals surface area contributed by atoms with Gasteiger partial charge in [-0.1, -0.05) is 24.3 Å². The Morgan fingerprint density at radius 3 is 2.56 bits per heavy atom. The van der Waals surface area contributed by atoms with Crippen molar-refractivity contribution in [2.75, 3.05) is 12.3 Å². The maximum Gasteiger partial charge on any atom is 0.253 e. The number of amides is 2. The number of nitrogens with one attached hydrogen (secondary N) is 1. The van der Waals surface area contributed by atoms with Crippen molar-refractivity contribution in [3.8, 4) is 0 Å². The van der Waals surface area contributed by atoms with Crippen LogP contribution in [-0.4, -0.2) is 23.3 Å². The second-order valence-corrected chi connectivity index (χ2v) is 3.75. The SMILES string of the molecule is NC(=O)CNC(=O)c1cnc(N)c2ccccc12. The Balaban J connectivity index is 2.42. The molecule has 1 aromatic heterocycles. The van der Waals surface area contributed by atoms with Crippen LogP contribution < -0.4 is 16.8 Å². The van der Waals surface area contributed by atoms with Gasteiger partial charge in [0.2, 0.25) is 5.91 Å². The lowest BCUT2D eigenvalue weighted by atomic mass is 10.1. The zero-order chi connectivity index (χ0) is 13.1. The van der Waals surface area contributed by atoms with Gasteiger partial charge in [-0.25, -0.2) is 4.98 Å². The van der Waals surface area contributed by atoms with Crippen LogP contribution in [0.3, 0.4) is 0 Å². The minimum Gasteiger partial charge on any atom is -0.383 e. The zero-order valence-electron chi connectivity index (χ0n) is 9.51. The molecule has 0 fully saturated rings. The minimum absolute atomic E-state index is 0.211. The number of fused-ring (bicyclic) bond motifs is 1. The minimum atomic E-state index is -0.601. The summed E-state index contributed by atoms with van der Waals surface area (Å²) in [5, 5.41) is 3.80. The molecule has 2 amide bonds. The monoisotopic (exact) mass is 244 g/mol. The van der Waals surface area contributed by atoms with Crippen molar-refractivity contribution in [1.29, 1.82) is 0 Å². The Kier molecular flexibility index (Phi) is 3.09. The highest BCUT2D eigenvalue weighted by atomic mass is 16.2. The lowest BCUT2D eigenvalue weighted by Crippen LogP contribution is -2.33. The lowest BCUT2D eigenvalue weighted by molar-refractivity contribution is -0.117. The van der Waals surface area contributed by atoms with Gasteiger partial charge >= 0.3 is 0 Å². The average Bonchev–Trinajstić information content (AvgIpc) is 2.37. The van der Waals surface area contributed by atoms with Gasteiger partial charge in [-0.05, 0) is 5.39 Å². The van der Waals surface area contributed by atoms with E-state index in [0.29, 0.717) is 22.2 Å². The van der Waals surface area contributed by atoms with Gasteiger partial charge in [0.05, 0.1) is 12.1 Å². The Labute approximate surface area is 103 Å². The predicted molar refractivity (Wildman–Crippen MR) is 67.7 cm³/mol. The Bertz CT molecular complexity index is 625. The van der Waals surface area contributed by atoms with Crippen LogP contribution in [0.25, 0.3) is 10.8 Å². The normalized spacial score (nSPS) is 10.2. The molecule has 2 rings (SSSR count). The van der Waals surface area contributed by atoms with Crippen LogP contribution in [0.4, 0.5) is 5.82 Å². The molecule has 1 heterocycles. The summed E-state index contributed by atoms with van der Waals surface area (Å²) in [6, 6.07) is 7.16.